The third kappa shape index (κ3) is 1.86. The van der Waals surface area contributed by atoms with Gasteiger partial charge in [-0.25, -0.2) is 4.68 Å². The predicted octanol–water partition coefficient (Wildman–Crippen LogP) is 2.39. The van der Waals surface area contributed by atoms with Crippen molar-refractivity contribution < 1.29 is 4.79 Å². The van der Waals surface area contributed by atoms with E-state index < -0.39 is 0 Å². The first-order chi connectivity index (χ1) is 7.22. The van der Waals surface area contributed by atoms with E-state index in [4.69, 9.17) is 23.2 Å². The minimum Gasteiger partial charge on any atom is -0.296 e. The van der Waals surface area contributed by atoms with Crippen molar-refractivity contribution in [2.45, 2.75) is 0 Å². The van der Waals surface area contributed by atoms with Crippen LogP contribution in [0.4, 0.5) is 0 Å². The molecule has 76 valence electrons. The van der Waals surface area contributed by atoms with E-state index in [1.54, 1.807) is 18.2 Å². The molecule has 0 atom stereocenters. The summed E-state index contributed by atoms with van der Waals surface area (Å²) >= 11 is 11.8. The second kappa shape index (κ2) is 4.00. The summed E-state index contributed by atoms with van der Waals surface area (Å²) in [7, 11) is 0. The first kappa shape index (κ1) is 10.1. The van der Waals surface area contributed by atoms with Crippen molar-refractivity contribution in [3.63, 3.8) is 0 Å². The molecule has 0 aliphatic rings. The molecule has 0 fully saturated rings. The van der Waals surface area contributed by atoms with Crippen LogP contribution < -0.4 is 0 Å². The molecule has 0 saturated heterocycles. The Morgan fingerprint density at radius 2 is 2.13 bits per heavy atom. The lowest BCUT2D eigenvalue weighted by atomic mass is 10.3. The maximum Gasteiger partial charge on any atom is 0.171 e. The highest BCUT2D eigenvalue weighted by atomic mass is 35.5. The van der Waals surface area contributed by atoms with Crippen molar-refractivity contribution in [2.75, 3.05) is 0 Å². The quantitative estimate of drug-likeness (QED) is 0.759. The van der Waals surface area contributed by atoms with Crippen LogP contribution in [-0.4, -0.2) is 21.3 Å². The van der Waals surface area contributed by atoms with Crippen LogP contribution in [0.15, 0.2) is 24.4 Å². The third-order valence-electron chi connectivity index (χ3n) is 1.81. The molecule has 0 radical (unpaired) electrons. The van der Waals surface area contributed by atoms with E-state index >= 15 is 0 Å². The van der Waals surface area contributed by atoms with Gasteiger partial charge < -0.3 is 0 Å². The number of rotatable bonds is 2. The van der Waals surface area contributed by atoms with Crippen molar-refractivity contribution in [1.29, 1.82) is 0 Å². The first-order valence-electron chi connectivity index (χ1n) is 4.04. The van der Waals surface area contributed by atoms with Gasteiger partial charge in [-0.15, -0.1) is 5.10 Å². The van der Waals surface area contributed by atoms with Gasteiger partial charge in [-0.1, -0.05) is 34.5 Å². The van der Waals surface area contributed by atoms with Gasteiger partial charge in [-0.05, 0) is 12.1 Å². The summed E-state index contributed by atoms with van der Waals surface area (Å²) in [5.74, 6) is 0. The third-order valence-corrected chi connectivity index (χ3v) is 2.62. The van der Waals surface area contributed by atoms with E-state index in [1.165, 1.54) is 10.9 Å². The van der Waals surface area contributed by atoms with Crippen LogP contribution in [-0.2, 0) is 0 Å². The van der Waals surface area contributed by atoms with Crippen molar-refractivity contribution >= 4 is 29.5 Å². The SMILES string of the molecule is O=Cc1cn(-c2cccc(Cl)c2Cl)nn1. The second-order valence-electron chi connectivity index (χ2n) is 2.78. The van der Waals surface area contributed by atoms with Crippen molar-refractivity contribution in [3.8, 4) is 5.69 Å². The Hall–Kier alpha value is -1.39. The highest BCUT2D eigenvalue weighted by molar-refractivity contribution is 6.43. The van der Waals surface area contributed by atoms with Gasteiger partial charge in [0.1, 0.15) is 5.69 Å². The average Bonchev–Trinajstić information content (AvgIpc) is 2.70. The van der Waals surface area contributed by atoms with Crippen molar-refractivity contribution in [2.24, 2.45) is 0 Å². The molecule has 0 amide bonds. The Balaban J connectivity index is 2.53. The van der Waals surface area contributed by atoms with Crippen molar-refractivity contribution in [1.82, 2.24) is 15.0 Å². The highest BCUT2D eigenvalue weighted by Gasteiger charge is 2.08. The summed E-state index contributed by atoms with van der Waals surface area (Å²) in [6.07, 6.45) is 2.09. The Morgan fingerprint density at radius 3 is 2.80 bits per heavy atom. The Bertz CT molecular complexity index is 510. The summed E-state index contributed by atoms with van der Waals surface area (Å²) < 4.78 is 1.40. The number of benzene rings is 1. The minimum atomic E-state index is 0.242. The fourth-order valence-corrected chi connectivity index (χ4v) is 1.50. The van der Waals surface area contributed by atoms with Crippen LogP contribution in [0, 0.1) is 0 Å². The molecule has 2 aromatic rings. The Labute approximate surface area is 95.4 Å². The van der Waals surface area contributed by atoms with E-state index in [9.17, 15) is 4.79 Å². The Kier molecular flexibility index (Phi) is 2.70. The minimum absolute atomic E-state index is 0.242. The number of aromatic nitrogens is 3. The molecule has 0 aliphatic carbocycles. The van der Waals surface area contributed by atoms with Crippen LogP contribution in [0.2, 0.25) is 10.0 Å². The van der Waals surface area contributed by atoms with Gasteiger partial charge in [0.2, 0.25) is 0 Å². The summed E-state index contributed by atoms with van der Waals surface area (Å²) in [4.78, 5) is 10.4. The second-order valence-corrected chi connectivity index (χ2v) is 3.56. The summed E-state index contributed by atoms with van der Waals surface area (Å²) in [5, 5.41) is 8.18. The maximum absolute atomic E-state index is 10.4. The molecule has 0 spiro atoms. The lowest BCUT2D eigenvalue weighted by Crippen LogP contribution is -1.95. The molecular weight excluding hydrogens is 237 g/mol. The van der Waals surface area contributed by atoms with Crippen molar-refractivity contribution in [3.05, 3.63) is 40.1 Å². The van der Waals surface area contributed by atoms with Crippen LogP contribution in [0.3, 0.4) is 0 Å². The van der Waals surface area contributed by atoms with Gasteiger partial charge in [0, 0.05) is 0 Å². The lowest BCUT2D eigenvalue weighted by molar-refractivity contribution is 0.111. The molecule has 0 N–H and O–H groups in total. The zero-order valence-corrected chi connectivity index (χ0v) is 8.90. The number of halogens is 2. The van der Waals surface area contributed by atoms with Crippen LogP contribution in [0.5, 0.6) is 0 Å². The maximum atomic E-state index is 10.4. The molecule has 1 heterocycles. The number of carbonyl (C=O) groups excluding carboxylic acids is 1. The fraction of sp³-hybridized carbons (Fsp3) is 0. The zero-order chi connectivity index (χ0) is 10.8. The van der Waals surface area contributed by atoms with Crippen LogP contribution in [0.25, 0.3) is 5.69 Å². The van der Waals surface area contributed by atoms with E-state index in [1.807, 2.05) is 0 Å². The van der Waals surface area contributed by atoms with Gasteiger partial charge in [0.15, 0.2) is 6.29 Å². The normalized spacial score (nSPS) is 10.3. The largest absolute Gasteiger partial charge is 0.296 e. The molecule has 15 heavy (non-hydrogen) atoms. The smallest absolute Gasteiger partial charge is 0.171 e. The van der Waals surface area contributed by atoms with Gasteiger partial charge in [-0.3, -0.25) is 4.79 Å². The van der Waals surface area contributed by atoms with E-state index in [-0.39, 0.29) is 5.69 Å². The zero-order valence-electron chi connectivity index (χ0n) is 7.39. The first-order valence-corrected chi connectivity index (χ1v) is 4.80. The van der Waals surface area contributed by atoms with Crippen LogP contribution in [0.1, 0.15) is 10.5 Å². The molecule has 4 nitrogen and oxygen atoms in total. The predicted molar refractivity (Wildman–Crippen MR) is 56.8 cm³/mol. The topological polar surface area (TPSA) is 47.8 Å². The molecule has 0 aliphatic heterocycles. The molecule has 1 aromatic carbocycles. The van der Waals surface area contributed by atoms with Crippen LogP contribution >= 0.6 is 23.2 Å². The molecular formula is C9H5Cl2N3O. The van der Waals surface area contributed by atoms with Gasteiger partial charge in [-0.2, -0.15) is 0 Å². The van der Waals surface area contributed by atoms with Gasteiger partial charge >= 0.3 is 0 Å². The standard InChI is InChI=1S/C9H5Cl2N3O/c10-7-2-1-3-8(9(7)11)14-4-6(5-15)12-13-14/h1-5H. The molecule has 0 bridgehead atoms. The summed E-state index contributed by atoms with van der Waals surface area (Å²) in [6.45, 7) is 0. The molecule has 2 rings (SSSR count). The summed E-state index contributed by atoms with van der Waals surface area (Å²) in [6, 6.07) is 5.15. The number of nitrogens with zero attached hydrogens (tertiary/aromatic N) is 3. The molecule has 1 aromatic heterocycles. The monoisotopic (exact) mass is 241 g/mol. The van der Waals surface area contributed by atoms with Gasteiger partial charge in [0.25, 0.3) is 0 Å². The van der Waals surface area contributed by atoms with E-state index in [0.29, 0.717) is 22.0 Å². The van der Waals surface area contributed by atoms with Gasteiger partial charge in [0.05, 0.1) is 21.9 Å². The number of aldehydes is 1. The molecule has 0 saturated carbocycles. The molecule has 6 heteroatoms. The molecule has 0 unspecified atom stereocenters. The fourth-order valence-electron chi connectivity index (χ4n) is 1.12. The number of carbonyl (C=O) groups is 1. The highest BCUT2D eigenvalue weighted by Crippen LogP contribution is 2.27. The van der Waals surface area contributed by atoms with E-state index in [0.717, 1.165) is 0 Å². The average molecular weight is 242 g/mol. The number of hydrogen-bond acceptors (Lipinski definition) is 3. The lowest BCUT2D eigenvalue weighted by Gasteiger charge is -2.03. The Morgan fingerprint density at radius 1 is 1.33 bits per heavy atom. The summed E-state index contributed by atoms with van der Waals surface area (Å²) in [5.41, 5.74) is 0.829. The number of hydrogen-bond donors (Lipinski definition) is 0. The van der Waals surface area contributed by atoms with E-state index in [2.05, 4.69) is 10.3 Å².